The normalized spacial score (nSPS) is 24.4. The molecule has 3 aromatic rings. The van der Waals surface area contributed by atoms with Crippen LogP contribution in [0.1, 0.15) is 15.9 Å². The molecular formula is C23H22F2N6OS. The minimum absolute atomic E-state index is 0.0302. The molecule has 170 valence electrons. The number of nitrogens with zero attached hydrogens (tertiary/aromatic N) is 3. The molecule has 0 spiro atoms. The molecule has 2 fully saturated rings. The van der Waals surface area contributed by atoms with Crippen molar-refractivity contribution in [1.29, 1.82) is 0 Å². The Morgan fingerprint density at radius 1 is 1.18 bits per heavy atom. The third-order valence-corrected chi connectivity index (χ3v) is 7.25. The van der Waals surface area contributed by atoms with Gasteiger partial charge in [-0.15, -0.1) is 11.8 Å². The quantitative estimate of drug-likeness (QED) is 0.507. The van der Waals surface area contributed by atoms with E-state index in [1.54, 1.807) is 42.1 Å². The maximum Gasteiger partial charge on any atom is 0.253 e. The topological polar surface area (TPSA) is 96.2 Å². The Morgan fingerprint density at radius 3 is 2.70 bits per heavy atom. The van der Waals surface area contributed by atoms with Gasteiger partial charge in [-0.1, -0.05) is 18.2 Å². The number of carbonyl (C=O) groups is 1. The highest BCUT2D eigenvalue weighted by Crippen LogP contribution is 2.45. The molecule has 4 N–H and O–H groups in total. The van der Waals surface area contributed by atoms with Crippen molar-refractivity contribution in [2.45, 2.75) is 11.0 Å². The lowest BCUT2D eigenvalue weighted by molar-refractivity contribution is 0.0933. The number of nitrogens with one attached hydrogen (secondary N) is 2. The van der Waals surface area contributed by atoms with E-state index < -0.39 is 16.9 Å². The predicted molar refractivity (Wildman–Crippen MR) is 123 cm³/mol. The third-order valence-electron chi connectivity index (χ3n) is 6.09. The van der Waals surface area contributed by atoms with Crippen LogP contribution in [0.4, 0.5) is 20.4 Å². The lowest BCUT2D eigenvalue weighted by Gasteiger charge is -2.43. The van der Waals surface area contributed by atoms with Crippen molar-refractivity contribution >= 4 is 29.3 Å². The molecule has 0 saturated carbocycles. The van der Waals surface area contributed by atoms with Gasteiger partial charge in [-0.05, 0) is 30.3 Å². The number of benzene rings is 2. The van der Waals surface area contributed by atoms with Gasteiger partial charge >= 0.3 is 0 Å². The summed E-state index contributed by atoms with van der Waals surface area (Å²) < 4.78 is 28.5. The molecule has 2 aliphatic heterocycles. The Labute approximate surface area is 193 Å². The number of anilines is 2. The SMILES string of the molecule is Nc1ccc(F)c(C23CN(c4ncc(F)cn4)CC2CSC(NC(=O)c2ccccc2)N3)c1. The van der Waals surface area contributed by atoms with E-state index in [1.807, 2.05) is 11.0 Å². The first-order chi connectivity index (χ1) is 15.9. The van der Waals surface area contributed by atoms with Gasteiger partial charge in [0.2, 0.25) is 5.95 Å². The van der Waals surface area contributed by atoms with E-state index in [0.717, 1.165) is 12.4 Å². The van der Waals surface area contributed by atoms with Gasteiger partial charge in [0.1, 0.15) is 11.3 Å². The van der Waals surface area contributed by atoms with Crippen LogP contribution in [0.3, 0.4) is 0 Å². The minimum Gasteiger partial charge on any atom is -0.399 e. The van der Waals surface area contributed by atoms with Crippen LogP contribution in [0.2, 0.25) is 0 Å². The maximum absolute atomic E-state index is 15.1. The van der Waals surface area contributed by atoms with Gasteiger partial charge in [0, 0.05) is 41.6 Å². The molecule has 1 aromatic heterocycles. The molecule has 1 amide bonds. The van der Waals surface area contributed by atoms with Crippen LogP contribution in [0.15, 0.2) is 60.9 Å². The Bertz CT molecular complexity index is 1170. The summed E-state index contributed by atoms with van der Waals surface area (Å²) in [7, 11) is 0. The van der Waals surface area contributed by atoms with Crippen molar-refractivity contribution in [3.8, 4) is 0 Å². The van der Waals surface area contributed by atoms with E-state index >= 15 is 4.39 Å². The number of carbonyl (C=O) groups excluding carboxylic acids is 1. The molecule has 2 aliphatic rings. The van der Waals surface area contributed by atoms with Crippen LogP contribution >= 0.6 is 11.8 Å². The minimum atomic E-state index is -0.850. The number of nitrogens with two attached hydrogens (primary N) is 1. The average Bonchev–Trinajstić information content (AvgIpc) is 3.21. The third kappa shape index (κ3) is 4.11. The van der Waals surface area contributed by atoms with E-state index in [9.17, 15) is 9.18 Å². The van der Waals surface area contributed by atoms with Crippen LogP contribution in [0.5, 0.6) is 0 Å². The summed E-state index contributed by atoms with van der Waals surface area (Å²) in [6.07, 6.45) is 2.23. The van der Waals surface area contributed by atoms with E-state index in [4.69, 9.17) is 5.73 Å². The zero-order chi connectivity index (χ0) is 23.0. The van der Waals surface area contributed by atoms with Crippen molar-refractivity contribution in [3.63, 3.8) is 0 Å². The second-order valence-electron chi connectivity index (χ2n) is 8.19. The molecule has 3 atom stereocenters. The summed E-state index contributed by atoms with van der Waals surface area (Å²) in [6, 6.07) is 13.4. The summed E-state index contributed by atoms with van der Waals surface area (Å²) >= 11 is 1.54. The van der Waals surface area contributed by atoms with Gasteiger partial charge in [-0.3, -0.25) is 10.1 Å². The first kappa shape index (κ1) is 21.6. The largest absolute Gasteiger partial charge is 0.399 e. The molecule has 7 nitrogen and oxygen atoms in total. The number of hydrogen-bond donors (Lipinski definition) is 3. The van der Waals surface area contributed by atoms with Gasteiger partial charge in [-0.25, -0.2) is 18.7 Å². The number of aromatic nitrogens is 2. The number of hydrogen-bond acceptors (Lipinski definition) is 7. The number of thioether (sulfide) groups is 1. The van der Waals surface area contributed by atoms with Gasteiger partial charge in [0.05, 0.1) is 17.9 Å². The van der Waals surface area contributed by atoms with E-state index in [2.05, 4.69) is 20.6 Å². The Kier molecular flexibility index (Phi) is 5.63. The second kappa shape index (κ2) is 8.60. The van der Waals surface area contributed by atoms with Crippen LogP contribution in [-0.4, -0.2) is 40.2 Å². The zero-order valence-corrected chi connectivity index (χ0v) is 18.4. The molecule has 3 unspecified atom stereocenters. The summed E-state index contributed by atoms with van der Waals surface area (Å²) in [5, 5.41) is 6.49. The van der Waals surface area contributed by atoms with Crippen LogP contribution in [-0.2, 0) is 5.54 Å². The van der Waals surface area contributed by atoms with Gasteiger partial charge < -0.3 is 16.0 Å². The molecule has 2 saturated heterocycles. The zero-order valence-electron chi connectivity index (χ0n) is 17.5. The summed E-state index contributed by atoms with van der Waals surface area (Å²) in [4.78, 5) is 22.9. The van der Waals surface area contributed by atoms with Crippen molar-refractivity contribution in [2.24, 2.45) is 5.92 Å². The van der Waals surface area contributed by atoms with Crippen molar-refractivity contribution < 1.29 is 13.6 Å². The highest BCUT2D eigenvalue weighted by Gasteiger charge is 2.53. The highest BCUT2D eigenvalue weighted by molar-refractivity contribution is 7.99. The molecule has 10 heteroatoms. The monoisotopic (exact) mass is 468 g/mol. The summed E-state index contributed by atoms with van der Waals surface area (Å²) in [5.41, 5.74) is 6.13. The van der Waals surface area contributed by atoms with E-state index in [0.29, 0.717) is 41.6 Å². The Morgan fingerprint density at radius 2 is 1.94 bits per heavy atom. The second-order valence-corrected chi connectivity index (χ2v) is 9.32. The molecule has 33 heavy (non-hydrogen) atoms. The average molecular weight is 469 g/mol. The predicted octanol–water partition coefficient (Wildman–Crippen LogP) is 2.72. The molecule has 0 bridgehead atoms. The van der Waals surface area contributed by atoms with Gasteiger partial charge in [0.25, 0.3) is 5.91 Å². The van der Waals surface area contributed by atoms with E-state index in [1.165, 1.54) is 12.1 Å². The van der Waals surface area contributed by atoms with Crippen LogP contribution in [0.25, 0.3) is 0 Å². The summed E-state index contributed by atoms with van der Waals surface area (Å²) in [5.74, 6) is -0.144. The smallest absolute Gasteiger partial charge is 0.253 e. The molecule has 2 aromatic carbocycles. The lowest BCUT2D eigenvalue weighted by atomic mass is 9.80. The summed E-state index contributed by atoms with van der Waals surface area (Å²) in [6.45, 7) is 0.876. The van der Waals surface area contributed by atoms with Crippen molar-refractivity contribution in [3.05, 3.63) is 83.7 Å². The molecule has 5 rings (SSSR count). The molecule has 0 radical (unpaired) electrons. The van der Waals surface area contributed by atoms with E-state index in [-0.39, 0.29) is 17.6 Å². The number of rotatable bonds is 4. The molecular weight excluding hydrogens is 446 g/mol. The standard InChI is InChI=1S/C23H22F2N6OS/c24-16-9-27-21(28-10-16)31-11-15-12-33-22(29-20(32)14-4-2-1-3-5-14)30-23(15,13-31)18-8-17(26)6-7-19(18)25/h1-10,15,22,30H,11-13,26H2,(H,29,32). The number of amides is 1. The fourth-order valence-electron chi connectivity index (χ4n) is 4.52. The van der Waals surface area contributed by atoms with Gasteiger partial charge in [-0.2, -0.15) is 0 Å². The number of halogens is 2. The highest BCUT2D eigenvalue weighted by atomic mass is 32.2. The van der Waals surface area contributed by atoms with Crippen molar-refractivity contribution in [2.75, 3.05) is 29.5 Å². The maximum atomic E-state index is 15.1. The van der Waals surface area contributed by atoms with Crippen LogP contribution < -0.4 is 21.3 Å². The molecule has 3 heterocycles. The fourth-order valence-corrected chi connectivity index (χ4v) is 5.82. The fraction of sp³-hybridized carbons (Fsp3) is 0.261. The molecule has 0 aliphatic carbocycles. The number of nitrogen functional groups attached to an aromatic ring is 1. The van der Waals surface area contributed by atoms with Crippen molar-refractivity contribution in [1.82, 2.24) is 20.6 Å². The van der Waals surface area contributed by atoms with Gasteiger partial charge in [0.15, 0.2) is 5.82 Å². The van der Waals surface area contributed by atoms with Crippen LogP contribution in [0, 0.1) is 17.6 Å². The number of fused-ring (bicyclic) bond motifs is 1. The Hall–Kier alpha value is -3.24. The Balaban J connectivity index is 1.48. The lowest BCUT2D eigenvalue weighted by Crippen LogP contribution is -2.61. The first-order valence-corrected chi connectivity index (χ1v) is 11.5. The first-order valence-electron chi connectivity index (χ1n) is 10.5.